The van der Waals surface area contributed by atoms with Gasteiger partial charge in [-0.25, -0.2) is 8.42 Å². The first kappa shape index (κ1) is 29.2. The summed E-state index contributed by atoms with van der Waals surface area (Å²) >= 11 is 0. The lowest BCUT2D eigenvalue weighted by atomic mass is 10.0. The van der Waals surface area contributed by atoms with Gasteiger partial charge in [0.25, 0.3) is 0 Å². The van der Waals surface area contributed by atoms with Crippen molar-refractivity contribution in [2.75, 3.05) is 51.9 Å². The van der Waals surface area contributed by atoms with Gasteiger partial charge in [-0.15, -0.1) is 0 Å². The fraction of sp³-hybridized carbons (Fsp3) is 0.567. The highest BCUT2D eigenvalue weighted by Gasteiger charge is 2.39. The SMILES string of the molecule is CCS(=O)(=O)CCCN1CC2CCC(C1)N2CCCC(Oc1ccc(OC)c(OC)c1)c1ccc(C#N)cc1. The molecule has 0 spiro atoms. The summed E-state index contributed by atoms with van der Waals surface area (Å²) in [7, 11) is 0.327. The molecule has 2 aromatic rings. The number of piperazine rings is 1. The van der Waals surface area contributed by atoms with E-state index < -0.39 is 9.84 Å². The Bertz CT molecular complexity index is 1210. The molecule has 3 atom stereocenters. The van der Waals surface area contributed by atoms with Crippen LogP contribution in [0.15, 0.2) is 42.5 Å². The normalized spacial score (nSPS) is 20.4. The molecule has 2 aromatic carbocycles. The van der Waals surface area contributed by atoms with E-state index in [4.69, 9.17) is 14.2 Å². The number of likely N-dealkylation sites (tertiary alicyclic amines) is 1. The minimum absolute atomic E-state index is 0.157. The molecule has 9 heteroatoms. The van der Waals surface area contributed by atoms with E-state index in [-0.39, 0.29) is 17.6 Å². The van der Waals surface area contributed by atoms with Gasteiger partial charge in [0.1, 0.15) is 21.7 Å². The van der Waals surface area contributed by atoms with Crippen LogP contribution in [-0.4, -0.2) is 82.2 Å². The lowest BCUT2D eigenvalue weighted by molar-refractivity contribution is 0.0624. The summed E-state index contributed by atoms with van der Waals surface area (Å²) in [5.41, 5.74) is 1.67. The second kappa shape index (κ2) is 13.5. The van der Waals surface area contributed by atoms with Gasteiger partial charge < -0.3 is 19.1 Å². The van der Waals surface area contributed by atoms with Crippen molar-refractivity contribution in [3.05, 3.63) is 53.6 Å². The van der Waals surface area contributed by atoms with Gasteiger partial charge >= 0.3 is 0 Å². The average molecular weight is 556 g/mol. The highest BCUT2D eigenvalue weighted by Crippen LogP contribution is 2.35. The monoisotopic (exact) mass is 555 g/mol. The molecule has 4 rings (SSSR count). The lowest BCUT2D eigenvalue weighted by Crippen LogP contribution is -2.54. The fourth-order valence-corrected chi connectivity index (χ4v) is 6.71. The molecule has 2 aliphatic rings. The average Bonchev–Trinajstić information content (AvgIpc) is 3.19. The van der Waals surface area contributed by atoms with Gasteiger partial charge in [0, 0.05) is 37.0 Å². The van der Waals surface area contributed by atoms with Gasteiger partial charge in [-0.05, 0) is 75.0 Å². The first-order chi connectivity index (χ1) is 18.9. The first-order valence-electron chi connectivity index (χ1n) is 13.9. The number of hydrogen-bond donors (Lipinski definition) is 0. The van der Waals surface area contributed by atoms with Gasteiger partial charge in [-0.2, -0.15) is 5.26 Å². The zero-order valence-corrected chi connectivity index (χ0v) is 24.2. The number of nitrogens with zero attached hydrogens (tertiary/aromatic N) is 3. The molecule has 2 heterocycles. The van der Waals surface area contributed by atoms with Crippen molar-refractivity contribution in [1.29, 1.82) is 5.26 Å². The van der Waals surface area contributed by atoms with Crippen LogP contribution in [0.2, 0.25) is 0 Å². The maximum Gasteiger partial charge on any atom is 0.164 e. The van der Waals surface area contributed by atoms with Crippen LogP contribution in [-0.2, 0) is 9.84 Å². The molecule has 39 heavy (non-hydrogen) atoms. The van der Waals surface area contributed by atoms with Crippen molar-refractivity contribution in [3.8, 4) is 23.3 Å². The third-order valence-electron chi connectivity index (χ3n) is 8.01. The van der Waals surface area contributed by atoms with E-state index >= 15 is 0 Å². The molecule has 2 bridgehead atoms. The molecule has 0 saturated carbocycles. The molecule has 0 amide bonds. The largest absolute Gasteiger partial charge is 0.493 e. The smallest absolute Gasteiger partial charge is 0.164 e. The van der Waals surface area contributed by atoms with Gasteiger partial charge in [0.2, 0.25) is 0 Å². The number of hydrogen-bond acceptors (Lipinski definition) is 8. The van der Waals surface area contributed by atoms with E-state index in [1.54, 1.807) is 21.1 Å². The van der Waals surface area contributed by atoms with Crippen LogP contribution in [0.1, 0.15) is 56.3 Å². The quantitative estimate of drug-likeness (QED) is 0.338. The Kier molecular flexibility index (Phi) is 10.1. The fourth-order valence-electron chi connectivity index (χ4n) is 5.86. The zero-order valence-electron chi connectivity index (χ0n) is 23.3. The van der Waals surface area contributed by atoms with Crippen LogP contribution >= 0.6 is 0 Å². The molecule has 3 unspecified atom stereocenters. The Hall–Kier alpha value is -2.80. The van der Waals surface area contributed by atoms with E-state index in [1.165, 1.54) is 12.8 Å². The van der Waals surface area contributed by atoms with E-state index in [1.807, 2.05) is 42.5 Å². The topological polar surface area (TPSA) is 92.1 Å². The van der Waals surface area contributed by atoms with Gasteiger partial charge in [0.05, 0.1) is 31.6 Å². The summed E-state index contributed by atoms with van der Waals surface area (Å²) in [6.07, 6.45) is 4.80. The summed E-state index contributed by atoms with van der Waals surface area (Å²) in [5.74, 6) is 2.50. The Labute approximate surface area is 233 Å². The van der Waals surface area contributed by atoms with Gasteiger partial charge in [-0.3, -0.25) is 4.90 Å². The van der Waals surface area contributed by atoms with E-state index in [0.717, 1.165) is 51.0 Å². The van der Waals surface area contributed by atoms with Crippen LogP contribution in [0.5, 0.6) is 17.2 Å². The molecule has 0 radical (unpaired) electrons. The van der Waals surface area contributed by atoms with Crippen LogP contribution in [0.25, 0.3) is 0 Å². The van der Waals surface area contributed by atoms with Crippen LogP contribution in [0.3, 0.4) is 0 Å². The minimum atomic E-state index is -2.90. The van der Waals surface area contributed by atoms with Crippen LogP contribution in [0, 0.1) is 11.3 Å². The van der Waals surface area contributed by atoms with Crippen LogP contribution < -0.4 is 14.2 Å². The Morgan fingerprint density at radius 2 is 1.67 bits per heavy atom. The highest BCUT2D eigenvalue weighted by atomic mass is 32.2. The molecule has 212 valence electrons. The van der Waals surface area contributed by atoms with Crippen molar-refractivity contribution in [1.82, 2.24) is 9.80 Å². The molecule has 0 aromatic heterocycles. The minimum Gasteiger partial charge on any atom is -0.493 e. The second-order valence-corrected chi connectivity index (χ2v) is 12.9. The summed E-state index contributed by atoms with van der Waals surface area (Å²) in [5, 5.41) is 9.22. The number of benzene rings is 2. The Morgan fingerprint density at radius 3 is 2.28 bits per heavy atom. The van der Waals surface area contributed by atoms with Crippen molar-refractivity contribution < 1.29 is 22.6 Å². The number of nitriles is 1. The standard InChI is InChI=1S/C30H41N3O5S/c1-4-39(34,35)18-6-16-32-21-25-12-13-26(22-32)33(25)17-5-7-28(24-10-8-23(20-31)9-11-24)38-27-14-15-29(36-2)30(19-27)37-3/h8-11,14-15,19,25-26,28H,4-7,12-13,16-18,21-22H2,1-3H3. The van der Waals surface area contributed by atoms with Crippen molar-refractivity contribution in [2.24, 2.45) is 0 Å². The summed E-state index contributed by atoms with van der Waals surface area (Å²) in [4.78, 5) is 5.12. The number of fused-ring (bicyclic) bond motifs is 2. The summed E-state index contributed by atoms with van der Waals surface area (Å²) < 4.78 is 41.0. The first-order valence-corrected chi connectivity index (χ1v) is 15.7. The Morgan fingerprint density at radius 1 is 0.974 bits per heavy atom. The number of ether oxygens (including phenoxy) is 3. The molecule has 0 aliphatic carbocycles. The van der Waals surface area contributed by atoms with E-state index in [2.05, 4.69) is 15.9 Å². The predicted octanol–water partition coefficient (Wildman–Crippen LogP) is 4.45. The number of sulfone groups is 1. The van der Waals surface area contributed by atoms with Crippen molar-refractivity contribution in [2.45, 2.75) is 57.2 Å². The third kappa shape index (κ3) is 7.65. The maximum absolute atomic E-state index is 11.9. The Balaban J connectivity index is 1.36. The molecular weight excluding hydrogens is 514 g/mol. The predicted molar refractivity (Wildman–Crippen MR) is 152 cm³/mol. The van der Waals surface area contributed by atoms with E-state index in [9.17, 15) is 13.7 Å². The number of rotatable bonds is 14. The second-order valence-electron chi connectivity index (χ2n) is 10.5. The van der Waals surface area contributed by atoms with Crippen molar-refractivity contribution in [3.63, 3.8) is 0 Å². The number of methoxy groups -OCH3 is 2. The summed E-state index contributed by atoms with van der Waals surface area (Å²) in [6.45, 7) is 5.63. The summed E-state index contributed by atoms with van der Waals surface area (Å²) in [6, 6.07) is 16.5. The lowest BCUT2D eigenvalue weighted by Gasteiger charge is -2.41. The van der Waals surface area contributed by atoms with E-state index in [0.29, 0.717) is 34.9 Å². The zero-order chi connectivity index (χ0) is 27.8. The third-order valence-corrected chi connectivity index (χ3v) is 9.80. The molecule has 8 nitrogen and oxygen atoms in total. The molecule has 2 saturated heterocycles. The van der Waals surface area contributed by atoms with Crippen molar-refractivity contribution >= 4 is 9.84 Å². The van der Waals surface area contributed by atoms with Gasteiger partial charge in [-0.1, -0.05) is 19.1 Å². The molecular formula is C30H41N3O5S. The van der Waals surface area contributed by atoms with Gasteiger partial charge in [0.15, 0.2) is 11.5 Å². The molecule has 0 N–H and O–H groups in total. The maximum atomic E-state index is 11.9. The van der Waals surface area contributed by atoms with Crippen LogP contribution in [0.4, 0.5) is 0 Å². The molecule has 2 fully saturated rings. The highest BCUT2D eigenvalue weighted by molar-refractivity contribution is 7.91. The molecule has 2 aliphatic heterocycles.